The third kappa shape index (κ3) is 3.06. The molecule has 0 saturated carbocycles. The lowest BCUT2D eigenvalue weighted by Gasteiger charge is -2.19. The van der Waals surface area contributed by atoms with Crippen LogP contribution in [0, 0.1) is 6.92 Å². The fourth-order valence-corrected chi connectivity index (χ4v) is 3.51. The van der Waals surface area contributed by atoms with E-state index >= 15 is 0 Å². The maximum atomic E-state index is 6.01. The molecule has 1 saturated heterocycles. The van der Waals surface area contributed by atoms with Crippen LogP contribution in [0.25, 0.3) is 22.2 Å². The van der Waals surface area contributed by atoms with Crippen molar-refractivity contribution < 1.29 is 4.42 Å². The number of hydrogen-bond donors (Lipinski definition) is 0. The highest BCUT2D eigenvalue weighted by Gasteiger charge is 2.20. The molecule has 0 N–H and O–H groups in total. The number of rotatable bonds is 4. The number of likely N-dealkylation sites (tertiary alicyclic amines) is 1. The molecule has 1 aliphatic rings. The Hall–Kier alpha value is -2.20. The summed E-state index contributed by atoms with van der Waals surface area (Å²) < 4.78 is 6.01. The fraction of sp³-hybridized carbons (Fsp3) is 0.400. The normalized spacial score (nSPS) is 18.5. The van der Waals surface area contributed by atoms with Crippen molar-refractivity contribution >= 4 is 11.0 Å². The first-order chi connectivity index (χ1) is 11.7. The molecule has 4 heteroatoms. The first-order valence-corrected chi connectivity index (χ1v) is 8.76. The van der Waals surface area contributed by atoms with Crippen LogP contribution in [0.2, 0.25) is 0 Å². The highest BCUT2D eigenvalue weighted by atomic mass is 16.3. The first kappa shape index (κ1) is 15.3. The molecule has 3 aromatic rings. The Morgan fingerprint density at radius 2 is 2.08 bits per heavy atom. The average molecular weight is 321 g/mol. The molecule has 24 heavy (non-hydrogen) atoms. The van der Waals surface area contributed by atoms with Crippen molar-refractivity contribution in [3.05, 3.63) is 47.9 Å². The number of aryl methyl sites for hydroxylation is 1. The molecule has 3 heterocycles. The second-order valence-corrected chi connectivity index (χ2v) is 6.80. The maximum absolute atomic E-state index is 6.01. The van der Waals surface area contributed by atoms with E-state index in [0.717, 1.165) is 46.6 Å². The molecule has 4 nitrogen and oxygen atoms in total. The average Bonchev–Trinajstić information content (AvgIpc) is 3.18. The summed E-state index contributed by atoms with van der Waals surface area (Å²) >= 11 is 0. The molecule has 0 bridgehead atoms. The third-order valence-corrected chi connectivity index (χ3v) is 5.00. The van der Waals surface area contributed by atoms with Crippen LogP contribution in [0.4, 0.5) is 0 Å². The highest BCUT2D eigenvalue weighted by Crippen LogP contribution is 2.26. The quantitative estimate of drug-likeness (QED) is 0.721. The Balaban J connectivity index is 1.53. The van der Waals surface area contributed by atoms with E-state index in [2.05, 4.69) is 40.2 Å². The van der Waals surface area contributed by atoms with Gasteiger partial charge in [0.2, 0.25) is 0 Å². The second-order valence-electron chi connectivity index (χ2n) is 6.80. The van der Waals surface area contributed by atoms with Crippen molar-refractivity contribution in [1.82, 2.24) is 15.1 Å². The summed E-state index contributed by atoms with van der Waals surface area (Å²) in [6.07, 6.45) is 3.61. The van der Waals surface area contributed by atoms with Crippen LogP contribution in [0.15, 0.2) is 40.8 Å². The van der Waals surface area contributed by atoms with E-state index in [1.807, 2.05) is 25.1 Å². The van der Waals surface area contributed by atoms with Crippen LogP contribution in [0.5, 0.6) is 0 Å². The molecule has 4 rings (SSSR count). The van der Waals surface area contributed by atoms with E-state index in [-0.39, 0.29) is 0 Å². The van der Waals surface area contributed by atoms with E-state index in [0.29, 0.717) is 6.04 Å². The van der Waals surface area contributed by atoms with Gasteiger partial charge in [-0.25, -0.2) is 0 Å². The van der Waals surface area contributed by atoms with E-state index in [4.69, 9.17) is 4.42 Å². The minimum absolute atomic E-state index is 0.709. The molecule has 2 aromatic heterocycles. The minimum atomic E-state index is 0.709. The standard InChI is InChI=1S/C20H23N3O/c1-14-5-7-19(22-21-14)16-6-8-20-17(12-16)13-18(24-20)9-11-23-10-3-4-15(23)2/h5-8,12-13,15H,3-4,9-11H2,1-2H3/t15-/m1/s1. The van der Waals surface area contributed by atoms with Gasteiger partial charge in [0, 0.05) is 30.0 Å². The molecule has 0 spiro atoms. The van der Waals surface area contributed by atoms with E-state index in [1.165, 1.54) is 19.4 Å². The second kappa shape index (κ2) is 6.36. The highest BCUT2D eigenvalue weighted by molar-refractivity contribution is 5.83. The van der Waals surface area contributed by atoms with E-state index in [9.17, 15) is 0 Å². The van der Waals surface area contributed by atoms with Gasteiger partial charge in [-0.3, -0.25) is 0 Å². The Kier molecular flexibility index (Phi) is 4.07. The number of aromatic nitrogens is 2. The minimum Gasteiger partial charge on any atom is -0.461 e. The summed E-state index contributed by atoms with van der Waals surface area (Å²) in [6.45, 7) is 6.57. The topological polar surface area (TPSA) is 42.2 Å². The van der Waals surface area contributed by atoms with Crippen LogP contribution >= 0.6 is 0 Å². The zero-order valence-electron chi connectivity index (χ0n) is 14.3. The van der Waals surface area contributed by atoms with Crippen molar-refractivity contribution in [1.29, 1.82) is 0 Å². The van der Waals surface area contributed by atoms with Gasteiger partial charge < -0.3 is 9.32 Å². The lowest BCUT2D eigenvalue weighted by molar-refractivity contribution is 0.266. The lowest BCUT2D eigenvalue weighted by atomic mass is 10.1. The van der Waals surface area contributed by atoms with Gasteiger partial charge in [0.1, 0.15) is 11.3 Å². The van der Waals surface area contributed by atoms with Crippen LogP contribution < -0.4 is 0 Å². The van der Waals surface area contributed by atoms with Crippen LogP contribution in [-0.4, -0.2) is 34.2 Å². The van der Waals surface area contributed by atoms with Crippen LogP contribution in [0.1, 0.15) is 31.2 Å². The van der Waals surface area contributed by atoms with E-state index in [1.54, 1.807) is 0 Å². The monoisotopic (exact) mass is 321 g/mol. The number of furan rings is 1. The molecule has 1 aromatic carbocycles. The summed E-state index contributed by atoms with van der Waals surface area (Å²) in [7, 11) is 0. The Labute approximate surface area is 142 Å². The van der Waals surface area contributed by atoms with Gasteiger partial charge >= 0.3 is 0 Å². The Morgan fingerprint density at radius 1 is 1.17 bits per heavy atom. The number of nitrogens with zero attached hydrogens (tertiary/aromatic N) is 3. The summed E-state index contributed by atoms with van der Waals surface area (Å²) in [5.74, 6) is 1.07. The van der Waals surface area contributed by atoms with Gasteiger partial charge in [-0.05, 0) is 69.6 Å². The van der Waals surface area contributed by atoms with Crippen LogP contribution in [0.3, 0.4) is 0 Å². The molecule has 1 atom stereocenters. The zero-order valence-corrected chi connectivity index (χ0v) is 14.3. The summed E-state index contributed by atoms with van der Waals surface area (Å²) in [5.41, 5.74) is 3.86. The molecule has 124 valence electrons. The molecule has 1 fully saturated rings. The van der Waals surface area contributed by atoms with E-state index < -0.39 is 0 Å². The van der Waals surface area contributed by atoms with Gasteiger partial charge in [-0.2, -0.15) is 10.2 Å². The van der Waals surface area contributed by atoms with Crippen molar-refractivity contribution in [3.63, 3.8) is 0 Å². The summed E-state index contributed by atoms with van der Waals surface area (Å²) in [6, 6.07) is 13.1. The summed E-state index contributed by atoms with van der Waals surface area (Å²) in [5, 5.41) is 9.55. The Bertz CT molecular complexity index is 838. The molecular formula is C20H23N3O. The van der Waals surface area contributed by atoms with Crippen molar-refractivity contribution in [3.8, 4) is 11.3 Å². The summed E-state index contributed by atoms with van der Waals surface area (Å²) in [4.78, 5) is 2.56. The van der Waals surface area contributed by atoms with Crippen molar-refractivity contribution in [2.24, 2.45) is 0 Å². The molecule has 1 aliphatic heterocycles. The number of benzene rings is 1. The number of hydrogen-bond acceptors (Lipinski definition) is 4. The largest absolute Gasteiger partial charge is 0.461 e. The smallest absolute Gasteiger partial charge is 0.134 e. The molecular weight excluding hydrogens is 298 g/mol. The Morgan fingerprint density at radius 3 is 2.83 bits per heavy atom. The molecule has 0 radical (unpaired) electrons. The zero-order chi connectivity index (χ0) is 16.5. The SMILES string of the molecule is Cc1ccc(-c2ccc3oc(CCN4CCC[C@H]4C)cc3c2)nn1. The van der Waals surface area contributed by atoms with Gasteiger partial charge in [0.15, 0.2) is 0 Å². The fourth-order valence-electron chi connectivity index (χ4n) is 3.51. The predicted octanol–water partition coefficient (Wildman–Crippen LogP) is 4.23. The molecule has 0 amide bonds. The number of fused-ring (bicyclic) bond motifs is 1. The predicted molar refractivity (Wildman–Crippen MR) is 96.0 cm³/mol. The van der Waals surface area contributed by atoms with Gasteiger partial charge in [-0.15, -0.1) is 0 Å². The van der Waals surface area contributed by atoms with Gasteiger partial charge in [-0.1, -0.05) is 0 Å². The maximum Gasteiger partial charge on any atom is 0.134 e. The lowest BCUT2D eigenvalue weighted by Crippen LogP contribution is -2.28. The van der Waals surface area contributed by atoms with Crippen LogP contribution in [-0.2, 0) is 6.42 Å². The van der Waals surface area contributed by atoms with Gasteiger partial charge in [0.05, 0.1) is 11.4 Å². The van der Waals surface area contributed by atoms with Crippen molar-refractivity contribution in [2.45, 2.75) is 39.2 Å². The van der Waals surface area contributed by atoms with Crippen molar-refractivity contribution in [2.75, 3.05) is 13.1 Å². The molecule has 0 unspecified atom stereocenters. The third-order valence-electron chi connectivity index (χ3n) is 5.00. The molecule has 0 aliphatic carbocycles. The van der Waals surface area contributed by atoms with Gasteiger partial charge in [0.25, 0.3) is 0 Å². The first-order valence-electron chi connectivity index (χ1n) is 8.76.